The lowest BCUT2D eigenvalue weighted by Gasteiger charge is -2.24. The van der Waals surface area contributed by atoms with Crippen LogP contribution in [0.3, 0.4) is 0 Å². The third kappa shape index (κ3) is 1.36. The van der Waals surface area contributed by atoms with E-state index < -0.39 is 29.5 Å². The van der Waals surface area contributed by atoms with Gasteiger partial charge in [-0.1, -0.05) is 12.2 Å². The highest BCUT2D eigenvalue weighted by atomic mass is 16.5. The largest absolute Gasteiger partial charge is 0.550 e. The zero-order chi connectivity index (χ0) is 12.9. The molecule has 3 aliphatic heterocycles. The lowest BCUT2D eigenvalue weighted by atomic mass is 9.77. The zero-order valence-electron chi connectivity index (χ0n) is 10.00. The molecule has 3 rings (SSSR count). The molecule has 1 spiro atoms. The summed E-state index contributed by atoms with van der Waals surface area (Å²) in [6.07, 6.45) is 3.03. The first kappa shape index (κ1) is 11.7. The monoisotopic (exact) mass is 252 g/mol. The van der Waals surface area contributed by atoms with Gasteiger partial charge < -0.3 is 24.3 Å². The molecule has 98 valence electrons. The fraction of sp³-hybridized carbons (Fsp3) is 0.667. The number of likely N-dealkylation sites (tertiary alicyclic amines) is 1. The molecule has 0 saturated carbocycles. The molecule has 0 aromatic rings. The average molecular weight is 252 g/mol. The maximum atomic E-state index is 12.3. The van der Waals surface area contributed by atoms with Gasteiger partial charge in [-0.3, -0.25) is 4.79 Å². The number of ether oxygens (including phenoxy) is 2. The number of hydrogen-bond donors (Lipinski definition) is 0. The summed E-state index contributed by atoms with van der Waals surface area (Å²) in [4.78, 5) is 25.0. The summed E-state index contributed by atoms with van der Waals surface area (Å²) in [7, 11) is 1.56. The van der Waals surface area contributed by atoms with Crippen molar-refractivity contribution in [1.29, 1.82) is 0 Å². The first-order chi connectivity index (χ1) is 8.59. The Morgan fingerprint density at radius 2 is 2.50 bits per heavy atom. The van der Waals surface area contributed by atoms with E-state index in [1.54, 1.807) is 18.1 Å². The van der Waals surface area contributed by atoms with Crippen molar-refractivity contribution in [3.05, 3.63) is 12.2 Å². The van der Waals surface area contributed by atoms with E-state index in [1.807, 2.05) is 6.08 Å². The Morgan fingerprint density at radius 3 is 3.17 bits per heavy atom. The molecular weight excluding hydrogens is 238 g/mol. The highest BCUT2D eigenvalue weighted by molar-refractivity contribution is 5.90. The molecule has 2 fully saturated rings. The minimum Gasteiger partial charge on any atom is -0.550 e. The minimum atomic E-state index is -1.21. The van der Waals surface area contributed by atoms with Crippen molar-refractivity contribution in [2.45, 2.75) is 11.7 Å². The first-order valence-corrected chi connectivity index (χ1v) is 5.95. The van der Waals surface area contributed by atoms with Crippen LogP contribution < -0.4 is 5.11 Å². The van der Waals surface area contributed by atoms with Crippen LogP contribution in [-0.4, -0.2) is 55.3 Å². The Labute approximate surface area is 104 Å². The second-order valence-electron chi connectivity index (χ2n) is 4.97. The maximum Gasteiger partial charge on any atom is 0.229 e. The molecule has 0 aromatic heterocycles. The van der Waals surface area contributed by atoms with Crippen LogP contribution in [0.15, 0.2) is 12.2 Å². The van der Waals surface area contributed by atoms with Gasteiger partial charge in [-0.15, -0.1) is 0 Å². The summed E-state index contributed by atoms with van der Waals surface area (Å²) in [6, 6.07) is 0. The van der Waals surface area contributed by atoms with Crippen LogP contribution in [0.4, 0.5) is 0 Å². The predicted octanol–water partition coefficient (Wildman–Crippen LogP) is -1.84. The van der Waals surface area contributed by atoms with Gasteiger partial charge >= 0.3 is 0 Å². The van der Waals surface area contributed by atoms with Crippen LogP contribution in [0, 0.1) is 11.8 Å². The quantitative estimate of drug-likeness (QED) is 0.550. The molecular formula is C12H14NO5-. The average Bonchev–Trinajstić information content (AvgIpc) is 2.95. The van der Waals surface area contributed by atoms with Crippen LogP contribution in [0.5, 0.6) is 0 Å². The lowest BCUT2D eigenvalue weighted by molar-refractivity contribution is -0.313. The lowest BCUT2D eigenvalue weighted by Crippen LogP contribution is -2.45. The van der Waals surface area contributed by atoms with E-state index in [0.717, 1.165) is 0 Å². The summed E-state index contributed by atoms with van der Waals surface area (Å²) in [5, 5.41) is 11.2. The molecule has 3 aliphatic rings. The fourth-order valence-corrected chi connectivity index (χ4v) is 3.24. The van der Waals surface area contributed by atoms with Gasteiger partial charge in [0, 0.05) is 25.5 Å². The Kier molecular flexibility index (Phi) is 2.46. The number of carbonyl (C=O) groups is 2. The number of hydrogen-bond acceptors (Lipinski definition) is 5. The van der Waals surface area contributed by atoms with Gasteiger partial charge in [-0.25, -0.2) is 0 Å². The van der Waals surface area contributed by atoms with Gasteiger partial charge in [0.1, 0.15) is 5.60 Å². The highest BCUT2D eigenvalue weighted by Gasteiger charge is 2.65. The van der Waals surface area contributed by atoms with Crippen molar-refractivity contribution in [2.24, 2.45) is 11.8 Å². The number of aliphatic carboxylic acids is 1. The Balaban J connectivity index is 1.87. The van der Waals surface area contributed by atoms with Crippen LogP contribution in [0.1, 0.15) is 0 Å². The molecule has 0 aromatic carbocycles. The SMILES string of the molecule is COCCN1C[C@@]23C=C[C@@H](O2)[C@H](C(=O)[O-])[C@@H]3C1=O. The van der Waals surface area contributed by atoms with Crippen molar-refractivity contribution in [3.8, 4) is 0 Å². The number of carbonyl (C=O) groups excluding carboxylic acids is 2. The molecule has 0 N–H and O–H groups in total. The predicted molar refractivity (Wildman–Crippen MR) is 57.2 cm³/mol. The minimum absolute atomic E-state index is 0.173. The molecule has 0 unspecified atom stereocenters. The molecule has 18 heavy (non-hydrogen) atoms. The molecule has 1 amide bonds. The third-order valence-corrected chi connectivity index (χ3v) is 4.02. The molecule has 0 aliphatic carbocycles. The first-order valence-electron chi connectivity index (χ1n) is 5.95. The summed E-state index contributed by atoms with van der Waals surface area (Å²) in [6.45, 7) is 1.28. The van der Waals surface area contributed by atoms with Crippen molar-refractivity contribution in [2.75, 3.05) is 26.8 Å². The maximum absolute atomic E-state index is 12.3. The Bertz CT molecular complexity index is 434. The van der Waals surface area contributed by atoms with E-state index in [1.165, 1.54) is 0 Å². The summed E-state index contributed by atoms with van der Waals surface area (Å²) in [5.74, 6) is -2.89. The van der Waals surface area contributed by atoms with Crippen LogP contribution in [-0.2, 0) is 19.1 Å². The second-order valence-corrected chi connectivity index (χ2v) is 4.97. The van der Waals surface area contributed by atoms with E-state index in [2.05, 4.69) is 0 Å². The highest BCUT2D eigenvalue weighted by Crippen LogP contribution is 2.51. The van der Waals surface area contributed by atoms with Gasteiger partial charge in [0.25, 0.3) is 0 Å². The van der Waals surface area contributed by atoms with Crippen LogP contribution >= 0.6 is 0 Å². The molecule has 2 saturated heterocycles. The smallest absolute Gasteiger partial charge is 0.229 e. The molecule has 3 heterocycles. The van der Waals surface area contributed by atoms with Crippen molar-refractivity contribution in [3.63, 3.8) is 0 Å². The Hall–Kier alpha value is -1.40. The van der Waals surface area contributed by atoms with Gasteiger partial charge in [0.15, 0.2) is 0 Å². The normalized spacial score (nSPS) is 40.6. The second kappa shape index (κ2) is 3.80. The molecule has 4 atom stereocenters. The van der Waals surface area contributed by atoms with Gasteiger partial charge in [0.2, 0.25) is 5.91 Å². The molecule has 6 heteroatoms. The number of carboxylic acids is 1. The number of nitrogens with zero attached hydrogens (tertiary/aromatic N) is 1. The van der Waals surface area contributed by atoms with E-state index in [9.17, 15) is 14.7 Å². The van der Waals surface area contributed by atoms with E-state index in [-0.39, 0.29) is 5.91 Å². The van der Waals surface area contributed by atoms with Crippen LogP contribution in [0.25, 0.3) is 0 Å². The van der Waals surface area contributed by atoms with Crippen molar-refractivity contribution < 1.29 is 24.2 Å². The number of rotatable bonds is 4. The van der Waals surface area contributed by atoms with Gasteiger partial charge in [-0.05, 0) is 0 Å². The molecule has 0 radical (unpaired) electrons. The summed E-state index contributed by atoms with van der Waals surface area (Å²) >= 11 is 0. The Morgan fingerprint density at radius 1 is 1.72 bits per heavy atom. The van der Waals surface area contributed by atoms with E-state index >= 15 is 0 Å². The molecule has 6 nitrogen and oxygen atoms in total. The topological polar surface area (TPSA) is 78.9 Å². The van der Waals surface area contributed by atoms with Crippen molar-refractivity contribution in [1.82, 2.24) is 4.90 Å². The standard InChI is InChI=1S/C12H15NO5/c1-17-5-4-13-6-12-3-2-7(18-12)8(11(15)16)9(12)10(13)14/h2-3,7-9H,4-6H2,1H3,(H,15,16)/p-1/t7-,8+,9-,12-/m1/s1. The third-order valence-electron chi connectivity index (χ3n) is 4.02. The molecule has 2 bridgehead atoms. The number of fused-ring (bicyclic) bond motifs is 1. The van der Waals surface area contributed by atoms with Crippen LogP contribution in [0.2, 0.25) is 0 Å². The van der Waals surface area contributed by atoms with Gasteiger partial charge in [-0.2, -0.15) is 0 Å². The zero-order valence-corrected chi connectivity index (χ0v) is 10.00. The summed E-state index contributed by atoms with van der Waals surface area (Å²) in [5.41, 5.74) is -0.764. The number of carboxylic acid groups (broad SMARTS) is 1. The fourth-order valence-electron chi connectivity index (χ4n) is 3.24. The number of methoxy groups -OCH3 is 1. The summed E-state index contributed by atoms with van der Waals surface area (Å²) < 4.78 is 10.6. The van der Waals surface area contributed by atoms with Gasteiger partial charge in [0.05, 0.1) is 25.2 Å². The van der Waals surface area contributed by atoms with E-state index in [4.69, 9.17) is 9.47 Å². The van der Waals surface area contributed by atoms with Crippen molar-refractivity contribution >= 4 is 11.9 Å². The van der Waals surface area contributed by atoms with E-state index in [0.29, 0.717) is 19.7 Å². The number of amides is 1.